The van der Waals surface area contributed by atoms with Crippen molar-refractivity contribution < 1.29 is 20.3 Å². The second kappa shape index (κ2) is 12.4. The van der Waals surface area contributed by atoms with Crippen molar-refractivity contribution in [2.24, 2.45) is 5.73 Å². The average Bonchev–Trinajstić information content (AvgIpc) is 2.45. The normalized spacial score (nSPS) is 8.55. The molecule has 0 aromatic heterocycles. The van der Waals surface area contributed by atoms with Crippen LogP contribution in [0, 0.1) is 25.2 Å². The van der Waals surface area contributed by atoms with Crippen LogP contribution in [0.1, 0.15) is 23.7 Å². The van der Waals surface area contributed by atoms with Gasteiger partial charge < -0.3 is 7.16 Å². The number of nitrogens with zero attached hydrogens (tertiary/aromatic N) is 1. The summed E-state index contributed by atoms with van der Waals surface area (Å²) in [4.78, 5) is 0. The summed E-state index contributed by atoms with van der Waals surface area (Å²) in [6.07, 6.45) is 0. The van der Waals surface area contributed by atoms with E-state index >= 15 is 0 Å². The number of hydrogen-bond acceptors (Lipinski definition) is 2. The maximum Gasteiger partial charge on any atom is 1.00 e. The number of aryl methyl sites for hydroxylation is 2. The molecule has 6 heteroatoms. The van der Waals surface area contributed by atoms with Gasteiger partial charge in [-0.15, -0.1) is 0 Å². The molecule has 2 aromatic carbocycles. The predicted molar refractivity (Wildman–Crippen MR) is 101 cm³/mol. The fourth-order valence-corrected chi connectivity index (χ4v) is 2.04. The Morgan fingerprint density at radius 1 is 1.05 bits per heavy atom. The van der Waals surface area contributed by atoms with Gasteiger partial charge in [-0.2, -0.15) is 5.26 Å². The van der Waals surface area contributed by atoms with Crippen molar-refractivity contribution in [3.63, 3.8) is 0 Å². The number of nitriles is 1. The van der Waals surface area contributed by atoms with Gasteiger partial charge in [-0.3, -0.25) is 0 Å². The van der Waals surface area contributed by atoms with Gasteiger partial charge in [0.05, 0.1) is 11.6 Å². The Morgan fingerprint density at radius 2 is 1.55 bits per heavy atom. The predicted octanol–water partition coefficient (Wildman–Crippen LogP) is 0.778. The van der Waals surface area contributed by atoms with Gasteiger partial charge in [0, 0.05) is 15.5 Å². The molecule has 0 aliphatic rings. The maximum absolute atomic E-state index is 8.49. The second-order valence-electron chi connectivity index (χ2n) is 4.36. The smallest absolute Gasteiger partial charge is 1.00 e. The minimum absolute atomic E-state index is 0. The van der Waals surface area contributed by atoms with E-state index in [1.165, 1.54) is 11.1 Å². The molecule has 22 heavy (non-hydrogen) atoms. The number of benzene rings is 2. The third-order valence-electron chi connectivity index (χ3n) is 2.75. The minimum atomic E-state index is 0. The van der Waals surface area contributed by atoms with E-state index in [0.717, 1.165) is 14.5 Å². The summed E-state index contributed by atoms with van der Waals surface area (Å²) in [6, 6.07) is 13.7. The third kappa shape index (κ3) is 8.01. The molecule has 2 N–H and O–H groups in total. The molecule has 2 rings (SSSR count). The fourth-order valence-electron chi connectivity index (χ4n) is 1.55. The summed E-state index contributed by atoms with van der Waals surface area (Å²) < 4.78 is 2.19. The van der Waals surface area contributed by atoms with E-state index in [2.05, 4.69) is 50.9 Å². The summed E-state index contributed by atoms with van der Waals surface area (Å²) in [6.45, 7) is 4.64. The van der Waals surface area contributed by atoms with E-state index in [1.54, 1.807) is 6.07 Å². The van der Waals surface area contributed by atoms with Gasteiger partial charge in [0.25, 0.3) is 0 Å². The summed E-state index contributed by atoms with van der Waals surface area (Å²) in [7, 11) is 0. The summed E-state index contributed by atoms with van der Waals surface area (Å²) in [5, 5.41) is 8.49. The van der Waals surface area contributed by atoms with E-state index in [1.807, 2.05) is 31.2 Å². The standard InChI is InChI=1S/C8H10BrN.C8H6BrN.Al.Li.4H/c2*1-6-4-7(5-10)2-3-8(6)9;;;;;;/h2-4H,5,10H2,1H3;2-4H,1H3;;;;;;/q;;;+1;;;;-1. The largest absolute Gasteiger partial charge is 1.00 e. The Hall–Kier alpha value is -0.0201. The molecular weight excluding hydrogens is 414 g/mol. The van der Waals surface area contributed by atoms with E-state index in [-0.39, 0.29) is 37.6 Å². The molecule has 0 atom stereocenters. The van der Waals surface area contributed by atoms with Gasteiger partial charge in [-0.05, 0) is 54.8 Å². The number of rotatable bonds is 1. The van der Waals surface area contributed by atoms with Crippen molar-refractivity contribution in [3.05, 3.63) is 67.6 Å². The van der Waals surface area contributed by atoms with Crippen molar-refractivity contribution in [1.29, 1.82) is 5.26 Å². The Balaban J connectivity index is -0.000000308. The molecule has 2 aromatic rings. The van der Waals surface area contributed by atoms with Gasteiger partial charge in [0.15, 0.2) is 17.4 Å². The van der Waals surface area contributed by atoms with Crippen molar-refractivity contribution in [3.8, 4) is 6.07 Å². The Morgan fingerprint density at radius 3 is 1.95 bits per heavy atom. The van der Waals surface area contributed by atoms with Crippen LogP contribution in [0.15, 0.2) is 45.3 Å². The molecule has 0 heterocycles. The van der Waals surface area contributed by atoms with Crippen LogP contribution in [-0.2, 0) is 6.54 Å². The van der Waals surface area contributed by atoms with Gasteiger partial charge in [-0.25, -0.2) is 0 Å². The number of hydrogen-bond donors (Lipinski definition) is 1. The van der Waals surface area contributed by atoms with Crippen LogP contribution in [0.2, 0.25) is 0 Å². The molecular formula is C16H20AlBr2LiN2. The minimum Gasteiger partial charge on any atom is -1.00 e. The Kier molecular flexibility index (Phi) is 13.7. The van der Waals surface area contributed by atoms with E-state index in [9.17, 15) is 0 Å². The molecule has 0 saturated heterocycles. The van der Waals surface area contributed by atoms with Crippen LogP contribution < -0.4 is 24.6 Å². The van der Waals surface area contributed by atoms with Crippen LogP contribution in [0.3, 0.4) is 0 Å². The first-order valence-electron chi connectivity index (χ1n) is 6.09. The number of halogens is 2. The van der Waals surface area contributed by atoms with Crippen molar-refractivity contribution in [2.75, 3.05) is 0 Å². The van der Waals surface area contributed by atoms with Crippen LogP contribution in [0.25, 0.3) is 0 Å². The van der Waals surface area contributed by atoms with E-state index < -0.39 is 0 Å². The van der Waals surface area contributed by atoms with Crippen LogP contribution >= 0.6 is 31.9 Å². The zero-order valence-electron chi connectivity index (χ0n) is 13.5. The van der Waals surface area contributed by atoms with Gasteiger partial charge in [-0.1, -0.05) is 44.0 Å². The molecule has 0 amide bonds. The molecule has 0 unspecified atom stereocenters. The maximum atomic E-state index is 8.49. The quantitative estimate of drug-likeness (QED) is 0.675. The van der Waals surface area contributed by atoms with Crippen molar-refractivity contribution in [2.45, 2.75) is 20.4 Å². The molecule has 0 spiro atoms. The van der Waals surface area contributed by atoms with Crippen molar-refractivity contribution >= 4 is 49.2 Å². The molecule has 0 fully saturated rings. The Labute approximate surface area is 173 Å². The van der Waals surface area contributed by atoms with E-state index in [4.69, 9.17) is 11.0 Å². The van der Waals surface area contributed by atoms with Gasteiger partial charge >= 0.3 is 18.9 Å². The SMILES string of the molecule is Cc1cc(C#N)ccc1Br.Cc1cc(CN)ccc1Br.[AlH3].[H-].[Li+]. The summed E-state index contributed by atoms with van der Waals surface area (Å²) >= 11 is 6.77. The summed E-state index contributed by atoms with van der Waals surface area (Å²) in [5.41, 5.74) is 9.68. The monoisotopic (exact) mass is 432 g/mol. The molecule has 112 valence electrons. The molecule has 0 bridgehead atoms. The first-order chi connectivity index (χ1) is 9.47. The Bertz CT molecular complexity index is 648. The first kappa shape index (κ1) is 24.2. The second-order valence-corrected chi connectivity index (χ2v) is 6.07. The topological polar surface area (TPSA) is 49.8 Å². The number of nitrogens with two attached hydrogens (primary N) is 1. The molecule has 0 radical (unpaired) electrons. The molecule has 0 aliphatic carbocycles. The van der Waals surface area contributed by atoms with Gasteiger partial charge in [0.2, 0.25) is 0 Å². The van der Waals surface area contributed by atoms with Gasteiger partial charge in [0.1, 0.15) is 0 Å². The zero-order valence-corrected chi connectivity index (χ0v) is 15.6. The summed E-state index contributed by atoms with van der Waals surface area (Å²) in [5.74, 6) is 0. The van der Waals surface area contributed by atoms with E-state index in [0.29, 0.717) is 12.1 Å². The average molecular weight is 434 g/mol. The van der Waals surface area contributed by atoms with Crippen LogP contribution in [0.4, 0.5) is 0 Å². The first-order valence-corrected chi connectivity index (χ1v) is 7.68. The van der Waals surface area contributed by atoms with Crippen molar-refractivity contribution in [1.82, 2.24) is 0 Å². The van der Waals surface area contributed by atoms with Crippen LogP contribution in [-0.4, -0.2) is 17.4 Å². The molecule has 2 nitrogen and oxygen atoms in total. The molecule has 0 aliphatic heterocycles. The fraction of sp³-hybridized carbons (Fsp3) is 0.188. The zero-order chi connectivity index (χ0) is 15.1. The molecule has 0 saturated carbocycles. The van der Waals surface area contributed by atoms with Crippen LogP contribution in [0.5, 0.6) is 0 Å². The third-order valence-corrected chi connectivity index (χ3v) is 4.52.